The Labute approximate surface area is 149 Å². The summed E-state index contributed by atoms with van der Waals surface area (Å²) in [7, 11) is 2.04. The van der Waals surface area contributed by atoms with E-state index in [1.807, 2.05) is 56.4 Å². The van der Waals surface area contributed by atoms with E-state index in [4.69, 9.17) is 0 Å². The molecule has 0 saturated heterocycles. The monoisotopic (exact) mass is 338 g/mol. The maximum absolute atomic E-state index is 12.6. The highest BCUT2D eigenvalue weighted by molar-refractivity contribution is 6.04. The lowest BCUT2D eigenvalue weighted by Crippen LogP contribution is -2.21. The summed E-state index contributed by atoms with van der Waals surface area (Å²) in [6.07, 6.45) is 3.47. The van der Waals surface area contributed by atoms with Crippen LogP contribution in [0.25, 0.3) is 0 Å². The van der Waals surface area contributed by atoms with Crippen molar-refractivity contribution in [2.75, 3.05) is 23.8 Å². The van der Waals surface area contributed by atoms with Crippen LogP contribution in [-0.2, 0) is 0 Å². The number of aliphatic hydroxyl groups excluding tert-OH is 1. The van der Waals surface area contributed by atoms with Gasteiger partial charge in [-0.25, -0.2) is 0 Å². The number of aliphatic hydroxyl groups is 1. The van der Waals surface area contributed by atoms with Crippen molar-refractivity contribution in [1.82, 2.24) is 0 Å². The minimum Gasteiger partial charge on any atom is -0.388 e. The fourth-order valence-corrected chi connectivity index (χ4v) is 3.29. The molecule has 25 heavy (non-hydrogen) atoms. The maximum atomic E-state index is 12.6. The van der Waals surface area contributed by atoms with Gasteiger partial charge in [0.05, 0.1) is 6.10 Å². The quantitative estimate of drug-likeness (QED) is 0.859. The first-order valence-electron chi connectivity index (χ1n) is 8.96. The van der Waals surface area contributed by atoms with Crippen molar-refractivity contribution < 1.29 is 9.90 Å². The van der Waals surface area contributed by atoms with Crippen molar-refractivity contribution in [1.29, 1.82) is 0 Å². The number of benzene rings is 2. The average Bonchev–Trinajstić information content (AvgIpc) is 2.68. The van der Waals surface area contributed by atoms with Crippen LogP contribution in [0.5, 0.6) is 0 Å². The van der Waals surface area contributed by atoms with Crippen molar-refractivity contribution >= 4 is 17.3 Å². The first-order valence-corrected chi connectivity index (χ1v) is 8.96. The summed E-state index contributed by atoms with van der Waals surface area (Å²) >= 11 is 0. The van der Waals surface area contributed by atoms with E-state index >= 15 is 0 Å². The first-order chi connectivity index (χ1) is 12.0. The summed E-state index contributed by atoms with van der Waals surface area (Å²) in [6, 6.07) is 13.4. The summed E-state index contributed by atoms with van der Waals surface area (Å²) in [5, 5.41) is 13.5. The zero-order valence-electron chi connectivity index (χ0n) is 15.0. The SMILES string of the molecule is Cc1ccc(NC(=O)c2ccc3c(c2)C(O)CCCCCN3C)cc1. The number of anilines is 2. The van der Waals surface area contributed by atoms with E-state index in [1.54, 1.807) is 0 Å². The van der Waals surface area contributed by atoms with E-state index in [0.717, 1.165) is 54.7 Å². The molecule has 4 nitrogen and oxygen atoms in total. The molecular formula is C21H26N2O2. The summed E-state index contributed by atoms with van der Waals surface area (Å²) in [5.41, 5.74) is 4.37. The highest BCUT2D eigenvalue weighted by atomic mass is 16.3. The molecule has 0 spiro atoms. The zero-order chi connectivity index (χ0) is 17.8. The van der Waals surface area contributed by atoms with E-state index in [9.17, 15) is 9.90 Å². The molecule has 1 amide bonds. The molecule has 1 heterocycles. The summed E-state index contributed by atoms with van der Waals surface area (Å²) in [4.78, 5) is 14.8. The van der Waals surface area contributed by atoms with Crippen LogP contribution >= 0.6 is 0 Å². The van der Waals surface area contributed by atoms with Crippen LogP contribution < -0.4 is 10.2 Å². The Bertz CT molecular complexity index is 740. The van der Waals surface area contributed by atoms with E-state index < -0.39 is 6.10 Å². The third-order valence-electron chi connectivity index (χ3n) is 4.84. The maximum Gasteiger partial charge on any atom is 0.255 e. The van der Waals surface area contributed by atoms with Gasteiger partial charge in [-0.15, -0.1) is 0 Å². The summed E-state index contributed by atoms with van der Waals surface area (Å²) < 4.78 is 0. The molecule has 0 fully saturated rings. The molecule has 2 N–H and O–H groups in total. The Balaban J connectivity index is 1.86. The molecule has 0 aromatic heterocycles. The molecule has 0 aliphatic carbocycles. The van der Waals surface area contributed by atoms with Crippen LogP contribution in [0.2, 0.25) is 0 Å². The van der Waals surface area contributed by atoms with Crippen LogP contribution in [0.4, 0.5) is 11.4 Å². The minimum atomic E-state index is -0.525. The van der Waals surface area contributed by atoms with E-state index in [-0.39, 0.29) is 5.91 Å². The molecule has 1 aliphatic rings. The van der Waals surface area contributed by atoms with Crippen LogP contribution in [0.1, 0.15) is 53.3 Å². The highest BCUT2D eigenvalue weighted by Gasteiger charge is 2.19. The average molecular weight is 338 g/mol. The van der Waals surface area contributed by atoms with E-state index in [2.05, 4.69) is 10.2 Å². The molecule has 0 bridgehead atoms. The smallest absolute Gasteiger partial charge is 0.255 e. The number of fused-ring (bicyclic) bond motifs is 1. The molecule has 1 aliphatic heterocycles. The third-order valence-corrected chi connectivity index (χ3v) is 4.84. The normalized spacial score (nSPS) is 17.9. The molecule has 132 valence electrons. The standard InChI is InChI=1S/C21H26N2O2/c1-15-7-10-17(11-8-15)22-21(25)16-9-12-19-18(14-16)20(24)6-4-3-5-13-23(19)2/h7-12,14,20,24H,3-6,13H2,1-2H3,(H,22,25). The topological polar surface area (TPSA) is 52.6 Å². The van der Waals surface area contributed by atoms with Gasteiger partial charge < -0.3 is 15.3 Å². The predicted molar refractivity (Wildman–Crippen MR) is 102 cm³/mol. The minimum absolute atomic E-state index is 0.152. The Kier molecular flexibility index (Phi) is 5.39. The molecule has 1 atom stereocenters. The van der Waals surface area contributed by atoms with Crippen LogP contribution in [-0.4, -0.2) is 24.6 Å². The van der Waals surface area contributed by atoms with Crippen molar-refractivity contribution in [2.45, 2.75) is 38.7 Å². The number of amides is 1. The van der Waals surface area contributed by atoms with Gasteiger partial charge in [-0.2, -0.15) is 0 Å². The van der Waals surface area contributed by atoms with E-state index in [1.165, 1.54) is 0 Å². The Hall–Kier alpha value is -2.33. The molecule has 4 heteroatoms. The zero-order valence-corrected chi connectivity index (χ0v) is 15.0. The number of rotatable bonds is 2. The second-order valence-electron chi connectivity index (χ2n) is 6.88. The molecule has 0 saturated carbocycles. The Morgan fingerprint density at radius 3 is 2.64 bits per heavy atom. The van der Waals surface area contributed by atoms with E-state index in [0.29, 0.717) is 5.56 Å². The van der Waals surface area contributed by atoms with Crippen molar-refractivity contribution in [3.8, 4) is 0 Å². The molecular weight excluding hydrogens is 312 g/mol. The number of carbonyl (C=O) groups is 1. The van der Waals surface area contributed by atoms with Gasteiger partial charge in [0, 0.05) is 36.1 Å². The lowest BCUT2D eigenvalue weighted by Gasteiger charge is -2.24. The predicted octanol–water partition coefficient (Wildman–Crippen LogP) is 4.29. The Morgan fingerprint density at radius 1 is 1.12 bits per heavy atom. The fourth-order valence-electron chi connectivity index (χ4n) is 3.29. The molecule has 1 unspecified atom stereocenters. The van der Waals surface area contributed by atoms with Gasteiger partial charge in [0.25, 0.3) is 5.91 Å². The highest BCUT2D eigenvalue weighted by Crippen LogP contribution is 2.32. The van der Waals surface area contributed by atoms with Crippen molar-refractivity contribution in [3.63, 3.8) is 0 Å². The largest absolute Gasteiger partial charge is 0.388 e. The number of nitrogens with one attached hydrogen (secondary N) is 1. The van der Waals surface area contributed by atoms with Crippen LogP contribution in [0.15, 0.2) is 42.5 Å². The van der Waals surface area contributed by atoms with Gasteiger partial charge >= 0.3 is 0 Å². The van der Waals surface area contributed by atoms with Crippen LogP contribution in [0, 0.1) is 6.92 Å². The lowest BCUT2D eigenvalue weighted by atomic mass is 9.99. The van der Waals surface area contributed by atoms with Gasteiger partial charge in [-0.05, 0) is 50.1 Å². The number of hydrogen-bond acceptors (Lipinski definition) is 3. The number of aryl methyl sites for hydroxylation is 1. The van der Waals surface area contributed by atoms with Crippen LogP contribution in [0.3, 0.4) is 0 Å². The second kappa shape index (κ2) is 7.70. The Morgan fingerprint density at radius 2 is 1.88 bits per heavy atom. The second-order valence-corrected chi connectivity index (χ2v) is 6.88. The van der Waals surface area contributed by atoms with Gasteiger partial charge in [-0.3, -0.25) is 4.79 Å². The molecule has 3 rings (SSSR count). The van der Waals surface area contributed by atoms with Gasteiger partial charge in [0.1, 0.15) is 0 Å². The third kappa shape index (κ3) is 4.20. The number of hydrogen-bond donors (Lipinski definition) is 2. The number of carbonyl (C=O) groups excluding carboxylic acids is 1. The molecule has 2 aromatic carbocycles. The molecule has 2 aromatic rings. The summed E-state index contributed by atoms with van der Waals surface area (Å²) in [5.74, 6) is -0.152. The lowest BCUT2D eigenvalue weighted by molar-refractivity contribution is 0.102. The fraction of sp³-hybridized carbons (Fsp3) is 0.381. The summed E-state index contributed by atoms with van der Waals surface area (Å²) in [6.45, 7) is 2.98. The first kappa shape index (κ1) is 17.5. The molecule has 0 radical (unpaired) electrons. The van der Waals surface area contributed by atoms with Gasteiger partial charge in [-0.1, -0.05) is 30.5 Å². The van der Waals surface area contributed by atoms with Gasteiger partial charge in [0.15, 0.2) is 0 Å². The van der Waals surface area contributed by atoms with Crippen molar-refractivity contribution in [3.05, 3.63) is 59.2 Å². The van der Waals surface area contributed by atoms with Crippen molar-refractivity contribution in [2.24, 2.45) is 0 Å². The van der Waals surface area contributed by atoms with Gasteiger partial charge in [0.2, 0.25) is 0 Å². The number of nitrogens with zero attached hydrogens (tertiary/aromatic N) is 1.